The molecule has 2 aliphatic rings. The molecule has 4 nitrogen and oxygen atoms in total. The summed E-state index contributed by atoms with van der Waals surface area (Å²) in [6.07, 6.45) is 8.42. The Morgan fingerprint density at radius 3 is 2.26 bits per heavy atom. The van der Waals surface area contributed by atoms with E-state index in [-0.39, 0.29) is 17.9 Å². The SMILES string of the molecule is C[C@@H](NC(=O)C1CCCC1C(=O)O)C1CCCCC1. The Morgan fingerprint density at radius 1 is 1.00 bits per heavy atom. The molecule has 108 valence electrons. The van der Waals surface area contributed by atoms with Crippen LogP contribution in [-0.4, -0.2) is 23.0 Å². The lowest BCUT2D eigenvalue weighted by Gasteiger charge is -2.29. The van der Waals surface area contributed by atoms with Crippen molar-refractivity contribution in [1.82, 2.24) is 5.32 Å². The van der Waals surface area contributed by atoms with Crippen LogP contribution in [0.3, 0.4) is 0 Å². The van der Waals surface area contributed by atoms with Crippen LogP contribution in [0.4, 0.5) is 0 Å². The molecule has 0 aromatic carbocycles. The molecule has 19 heavy (non-hydrogen) atoms. The maximum atomic E-state index is 12.2. The largest absolute Gasteiger partial charge is 0.481 e. The van der Waals surface area contributed by atoms with Gasteiger partial charge in [0.15, 0.2) is 0 Å². The van der Waals surface area contributed by atoms with Gasteiger partial charge >= 0.3 is 5.97 Å². The van der Waals surface area contributed by atoms with E-state index >= 15 is 0 Å². The van der Waals surface area contributed by atoms with Gasteiger partial charge < -0.3 is 10.4 Å². The Hall–Kier alpha value is -1.06. The van der Waals surface area contributed by atoms with Crippen molar-refractivity contribution in [1.29, 1.82) is 0 Å². The third kappa shape index (κ3) is 3.48. The van der Waals surface area contributed by atoms with E-state index < -0.39 is 11.9 Å². The minimum absolute atomic E-state index is 0.0389. The number of amides is 1. The van der Waals surface area contributed by atoms with Crippen molar-refractivity contribution in [2.24, 2.45) is 17.8 Å². The molecule has 3 atom stereocenters. The number of carbonyl (C=O) groups is 2. The Kier molecular flexibility index (Phi) is 4.83. The third-order valence-electron chi connectivity index (χ3n) is 4.90. The van der Waals surface area contributed by atoms with Gasteiger partial charge in [0.1, 0.15) is 0 Å². The summed E-state index contributed by atoms with van der Waals surface area (Å²) in [6, 6.07) is 0.183. The second-order valence-electron chi connectivity index (χ2n) is 6.18. The number of carbonyl (C=O) groups excluding carboxylic acids is 1. The third-order valence-corrected chi connectivity index (χ3v) is 4.90. The molecule has 2 unspecified atom stereocenters. The van der Waals surface area contributed by atoms with E-state index in [4.69, 9.17) is 5.11 Å². The molecule has 2 fully saturated rings. The molecular weight excluding hydrogens is 242 g/mol. The number of rotatable bonds is 4. The minimum Gasteiger partial charge on any atom is -0.481 e. The summed E-state index contributed by atoms with van der Waals surface area (Å²) in [5.74, 6) is -1.07. The first-order valence-electron chi connectivity index (χ1n) is 7.62. The first-order chi connectivity index (χ1) is 9.09. The van der Waals surface area contributed by atoms with Gasteiger partial charge in [-0.2, -0.15) is 0 Å². The van der Waals surface area contributed by atoms with E-state index in [1.165, 1.54) is 32.1 Å². The van der Waals surface area contributed by atoms with Gasteiger partial charge in [0.05, 0.1) is 11.8 Å². The van der Waals surface area contributed by atoms with Crippen molar-refractivity contribution < 1.29 is 14.7 Å². The molecule has 0 spiro atoms. The van der Waals surface area contributed by atoms with Crippen LogP contribution in [0.1, 0.15) is 58.3 Å². The highest BCUT2D eigenvalue weighted by molar-refractivity contribution is 5.85. The van der Waals surface area contributed by atoms with Crippen LogP contribution >= 0.6 is 0 Å². The van der Waals surface area contributed by atoms with Crippen LogP contribution in [0.5, 0.6) is 0 Å². The van der Waals surface area contributed by atoms with Gasteiger partial charge in [-0.1, -0.05) is 25.7 Å². The number of carboxylic acids is 1. The second-order valence-corrected chi connectivity index (χ2v) is 6.18. The molecule has 2 aliphatic carbocycles. The minimum atomic E-state index is -0.817. The average molecular weight is 267 g/mol. The summed E-state index contributed by atoms with van der Waals surface area (Å²) >= 11 is 0. The van der Waals surface area contributed by atoms with E-state index in [1.807, 2.05) is 0 Å². The lowest BCUT2D eigenvalue weighted by Crippen LogP contribution is -2.43. The Labute approximate surface area is 115 Å². The van der Waals surface area contributed by atoms with Gasteiger partial charge in [-0.25, -0.2) is 0 Å². The zero-order valence-corrected chi connectivity index (χ0v) is 11.7. The Balaban J connectivity index is 1.87. The van der Waals surface area contributed by atoms with Crippen LogP contribution in [0, 0.1) is 17.8 Å². The molecular formula is C15H25NO3. The second kappa shape index (κ2) is 6.40. The summed E-state index contributed by atoms with van der Waals surface area (Å²) in [4.78, 5) is 23.4. The predicted octanol–water partition coefficient (Wildman–Crippen LogP) is 2.57. The summed E-state index contributed by atoms with van der Waals surface area (Å²) < 4.78 is 0. The van der Waals surface area contributed by atoms with E-state index in [1.54, 1.807) is 0 Å². The highest BCUT2D eigenvalue weighted by Crippen LogP contribution is 2.33. The van der Waals surface area contributed by atoms with E-state index in [9.17, 15) is 9.59 Å². The molecule has 1 amide bonds. The predicted molar refractivity (Wildman–Crippen MR) is 72.6 cm³/mol. The molecule has 0 aromatic heterocycles. The van der Waals surface area contributed by atoms with Crippen molar-refractivity contribution >= 4 is 11.9 Å². The molecule has 2 rings (SSSR count). The number of nitrogens with one attached hydrogen (secondary N) is 1. The highest BCUT2D eigenvalue weighted by atomic mass is 16.4. The van der Waals surface area contributed by atoms with Crippen LogP contribution in [0.25, 0.3) is 0 Å². The summed E-state index contributed by atoms with van der Waals surface area (Å²) in [7, 11) is 0. The van der Waals surface area contributed by atoms with Crippen LogP contribution in [0.15, 0.2) is 0 Å². The smallest absolute Gasteiger partial charge is 0.307 e. The topological polar surface area (TPSA) is 66.4 Å². The normalized spacial score (nSPS) is 29.9. The lowest BCUT2D eigenvalue weighted by molar-refractivity contribution is -0.146. The van der Waals surface area contributed by atoms with Gasteiger partial charge in [0, 0.05) is 6.04 Å². The van der Waals surface area contributed by atoms with E-state index in [2.05, 4.69) is 12.2 Å². The van der Waals surface area contributed by atoms with Gasteiger partial charge in [-0.3, -0.25) is 9.59 Å². The lowest BCUT2D eigenvalue weighted by atomic mass is 9.84. The zero-order valence-electron chi connectivity index (χ0n) is 11.7. The molecule has 0 aliphatic heterocycles. The molecule has 0 saturated heterocycles. The maximum Gasteiger partial charge on any atom is 0.307 e. The zero-order chi connectivity index (χ0) is 13.8. The maximum absolute atomic E-state index is 12.2. The summed E-state index contributed by atoms with van der Waals surface area (Å²) in [5.41, 5.74) is 0. The van der Waals surface area contributed by atoms with E-state index in [0.717, 1.165) is 12.8 Å². The Morgan fingerprint density at radius 2 is 1.63 bits per heavy atom. The number of hydrogen-bond acceptors (Lipinski definition) is 2. The summed E-state index contributed by atoms with van der Waals surface area (Å²) in [6.45, 7) is 2.07. The van der Waals surface area contributed by atoms with E-state index in [0.29, 0.717) is 12.3 Å². The fourth-order valence-corrected chi connectivity index (χ4v) is 3.65. The van der Waals surface area contributed by atoms with Crippen LogP contribution < -0.4 is 5.32 Å². The monoisotopic (exact) mass is 267 g/mol. The van der Waals surface area contributed by atoms with Crippen molar-refractivity contribution in [2.45, 2.75) is 64.3 Å². The molecule has 0 aromatic rings. The molecule has 4 heteroatoms. The number of hydrogen-bond donors (Lipinski definition) is 2. The fourth-order valence-electron chi connectivity index (χ4n) is 3.65. The number of carboxylic acid groups (broad SMARTS) is 1. The fraction of sp³-hybridized carbons (Fsp3) is 0.867. The highest BCUT2D eigenvalue weighted by Gasteiger charge is 2.38. The van der Waals surface area contributed by atoms with Crippen LogP contribution in [-0.2, 0) is 9.59 Å². The first kappa shape index (κ1) is 14.4. The average Bonchev–Trinajstić information content (AvgIpc) is 2.89. The molecule has 2 N–H and O–H groups in total. The molecule has 0 heterocycles. The number of aliphatic carboxylic acids is 1. The van der Waals surface area contributed by atoms with Gasteiger partial charge in [0.2, 0.25) is 5.91 Å². The standard InChI is InChI=1S/C15H25NO3/c1-10(11-6-3-2-4-7-11)16-14(17)12-8-5-9-13(12)15(18)19/h10-13H,2-9H2,1H3,(H,16,17)(H,18,19)/t10-,12?,13?/m1/s1. The van der Waals surface area contributed by atoms with Crippen molar-refractivity contribution in [3.8, 4) is 0 Å². The van der Waals surface area contributed by atoms with Crippen molar-refractivity contribution in [2.75, 3.05) is 0 Å². The molecule has 0 bridgehead atoms. The van der Waals surface area contributed by atoms with Gasteiger partial charge in [0.25, 0.3) is 0 Å². The van der Waals surface area contributed by atoms with Crippen LogP contribution in [0.2, 0.25) is 0 Å². The van der Waals surface area contributed by atoms with Crippen molar-refractivity contribution in [3.63, 3.8) is 0 Å². The van der Waals surface area contributed by atoms with Gasteiger partial charge in [-0.15, -0.1) is 0 Å². The summed E-state index contributed by atoms with van der Waals surface area (Å²) in [5, 5.41) is 12.2. The molecule has 0 radical (unpaired) electrons. The quantitative estimate of drug-likeness (QED) is 0.822. The first-order valence-corrected chi connectivity index (χ1v) is 7.62. The van der Waals surface area contributed by atoms with Crippen molar-refractivity contribution in [3.05, 3.63) is 0 Å². The van der Waals surface area contributed by atoms with Gasteiger partial charge in [-0.05, 0) is 38.5 Å². The molecule has 2 saturated carbocycles. The Bertz CT molecular complexity index is 336.